The Morgan fingerprint density at radius 2 is 2.15 bits per heavy atom. The van der Waals surface area contributed by atoms with Crippen LogP contribution in [0.15, 0.2) is 10.6 Å². The molecule has 8 heteroatoms. The minimum absolute atomic E-state index is 0.00526. The van der Waals surface area contributed by atoms with Gasteiger partial charge in [-0.05, 0) is 0 Å². The molecule has 0 aliphatic carbocycles. The molecule has 0 spiro atoms. The van der Waals surface area contributed by atoms with Crippen LogP contribution in [0.4, 0.5) is 9.77 Å². The topological polar surface area (TPSA) is 80.5 Å². The van der Waals surface area contributed by atoms with E-state index in [1.54, 1.807) is 6.07 Å². The summed E-state index contributed by atoms with van der Waals surface area (Å²) in [7, 11) is -4.58. The zero-order valence-corrected chi connectivity index (χ0v) is 12.4. The van der Waals surface area contributed by atoms with Crippen LogP contribution in [0.25, 0.3) is 0 Å². The van der Waals surface area contributed by atoms with Crippen molar-refractivity contribution in [1.29, 1.82) is 0 Å². The molecule has 2 rings (SSSR count). The van der Waals surface area contributed by atoms with Gasteiger partial charge in [0, 0.05) is 30.4 Å². The van der Waals surface area contributed by atoms with Gasteiger partial charge in [0.2, 0.25) is 11.8 Å². The van der Waals surface area contributed by atoms with Gasteiger partial charge in [0.1, 0.15) is 0 Å². The first-order valence-corrected chi connectivity index (χ1v) is 7.81. The van der Waals surface area contributed by atoms with E-state index in [9.17, 15) is 17.1 Å². The maximum Gasteiger partial charge on any atom is 0.302 e. The van der Waals surface area contributed by atoms with Crippen molar-refractivity contribution in [3.63, 3.8) is 0 Å². The molecule has 1 aliphatic rings. The smallest absolute Gasteiger partial charge is 0.302 e. The lowest BCUT2D eigenvalue weighted by Gasteiger charge is -2.13. The summed E-state index contributed by atoms with van der Waals surface area (Å²) >= 11 is 0. The third kappa shape index (κ3) is 3.36. The molecule has 0 bridgehead atoms. The molecule has 0 saturated carbocycles. The third-order valence-electron chi connectivity index (χ3n) is 3.17. The summed E-state index contributed by atoms with van der Waals surface area (Å²) in [6.07, 6.45) is -0.00526. The fourth-order valence-electron chi connectivity index (χ4n) is 2.13. The number of amides is 1. The van der Waals surface area contributed by atoms with E-state index in [0.717, 1.165) is 0 Å². The van der Waals surface area contributed by atoms with Crippen molar-refractivity contribution in [2.24, 2.45) is 5.92 Å². The zero-order chi connectivity index (χ0) is 15.1. The fourth-order valence-corrected chi connectivity index (χ4v) is 2.92. The molecule has 1 fully saturated rings. The molecule has 6 nitrogen and oxygen atoms in total. The Kier molecular flexibility index (Phi) is 3.62. The molecule has 1 aromatic heterocycles. The van der Waals surface area contributed by atoms with Crippen LogP contribution >= 0.6 is 0 Å². The summed E-state index contributed by atoms with van der Waals surface area (Å²) in [4.78, 5) is 13.2. The van der Waals surface area contributed by atoms with Crippen LogP contribution in [0.5, 0.6) is 0 Å². The lowest BCUT2D eigenvalue weighted by atomic mass is 9.92. The molecule has 0 radical (unpaired) electrons. The summed E-state index contributed by atoms with van der Waals surface area (Å²) in [5.41, 5.74) is 0.480. The first kappa shape index (κ1) is 15.0. The van der Waals surface area contributed by atoms with Crippen molar-refractivity contribution in [3.8, 4) is 0 Å². The van der Waals surface area contributed by atoms with E-state index < -0.39 is 21.9 Å². The van der Waals surface area contributed by atoms with Gasteiger partial charge in [-0.2, -0.15) is 8.42 Å². The second-order valence-corrected chi connectivity index (χ2v) is 7.49. The fraction of sp³-hybridized carbons (Fsp3) is 0.667. The minimum atomic E-state index is -4.58. The van der Waals surface area contributed by atoms with Gasteiger partial charge in [-0.15, -0.1) is 3.89 Å². The van der Waals surface area contributed by atoms with E-state index in [0.29, 0.717) is 5.69 Å². The molecule has 20 heavy (non-hydrogen) atoms. The van der Waals surface area contributed by atoms with Crippen molar-refractivity contribution in [1.82, 2.24) is 5.16 Å². The second kappa shape index (κ2) is 4.83. The van der Waals surface area contributed by atoms with Crippen LogP contribution in [0.1, 0.15) is 32.9 Å². The Labute approximate surface area is 117 Å². The van der Waals surface area contributed by atoms with Crippen LogP contribution in [0, 0.1) is 5.92 Å². The summed E-state index contributed by atoms with van der Waals surface area (Å²) in [5, 5.41) is 3.90. The molecule has 1 atom stereocenters. The summed E-state index contributed by atoms with van der Waals surface area (Å²) in [6, 6.07) is 1.66. The Morgan fingerprint density at radius 3 is 2.65 bits per heavy atom. The van der Waals surface area contributed by atoms with Crippen LogP contribution in [0.3, 0.4) is 0 Å². The SMILES string of the molecule is CC(C)(C)c1cc(N2CC(CS(=O)(=O)F)CC2=O)on1. The molecule has 0 N–H and O–H groups in total. The van der Waals surface area contributed by atoms with Crippen molar-refractivity contribution < 1.29 is 21.6 Å². The average Bonchev–Trinajstić information content (AvgIpc) is 2.81. The molecular weight excluding hydrogens is 287 g/mol. The number of halogens is 1. The van der Waals surface area contributed by atoms with Gasteiger partial charge in [-0.3, -0.25) is 9.69 Å². The van der Waals surface area contributed by atoms with E-state index in [2.05, 4.69) is 5.16 Å². The van der Waals surface area contributed by atoms with Gasteiger partial charge >= 0.3 is 10.2 Å². The van der Waals surface area contributed by atoms with Crippen LogP contribution < -0.4 is 4.90 Å². The van der Waals surface area contributed by atoms with Crippen molar-refractivity contribution in [2.45, 2.75) is 32.6 Å². The lowest BCUT2D eigenvalue weighted by molar-refractivity contribution is -0.117. The number of hydrogen-bond acceptors (Lipinski definition) is 5. The summed E-state index contributed by atoms with van der Waals surface area (Å²) in [6.45, 7) is 6.00. The molecular formula is C12H17FN2O4S. The highest BCUT2D eigenvalue weighted by molar-refractivity contribution is 7.86. The molecule has 1 unspecified atom stereocenters. The number of hydrogen-bond donors (Lipinski definition) is 0. The number of carbonyl (C=O) groups is 1. The monoisotopic (exact) mass is 304 g/mol. The zero-order valence-electron chi connectivity index (χ0n) is 11.6. The number of rotatable bonds is 3. The molecule has 1 amide bonds. The summed E-state index contributed by atoms with van der Waals surface area (Å²) < 4.78 is 39.1. The Morgan fingerprint density at radius 1 is 1.50 bits per heavy atom. The van der Waals surface area contributed by atoms with Crippen LogP contribution in [-0.2, 0) is 20.4 Å². The standard InChI is InChI=1S/C12H17FN2O4S/c1-12(2,3)9-5-11(19-14-9)15-6-8(4-10(15)16)7-20(13,17)18/h5,8H,4,6-7H2,1-3H3. The lowest BCUT2D eigenvalue weighted by Crippen LogP contribution is -2.25. The quantitative estimate of drug-likeness (QED) is 0.793. The summed E-state index contributed by atoms with van der Waals surface area (Å²) in [5.74, 6) is -1.20. The highest BCUT2D eigenvalue weighted by Gasteiger charge is 2.36. The van der Waals surface area contributed by atoms with Crippen molar-refractivity contribution in [2.75, 3.05) is 17.2 Å². The van der Waals surface area contributed by atoms with Crippen LogP contribution in [0.2, 0.25) is 0 Å². The van der Waals surface area contributed by atoms with E-state index in [1.807, 2.05) is 20.8 Å². The van der Waals surface area contributed by atoms with E-state index in [-0.39, 0.29) is 30.2 Å². The Bertz CT molecular complexity index is 618. The van der Waals surface area contributed by atoms with Crippen molar-refractivity contribution in [3.05, 3.63) is 11.8 Å². The van der Waals surface area contributed by atoms with Gasteiger partial charge in [-0.25, -0.2) is 0 Å². The second-order valence-electron chi connectivity index (χ2n) is 6.08. The predicted molar refractivity (Wildman–Crippen MR) is 70.6 cm³/mol. The molecule has 1 aliphatic heterocycles. The maximum absolute atomic E-state index is 12.7. The first-order valence-electron chi connectivity index (χ1n) is 6.26. The van der Waals surface area contributed by atoms with E-state index in [4.69, 9.17) is 4.52 Å². The first-order chi connectivity index (χ1) is 9.06. The number of anilines is 1. The highest BCUT2D eigenvalue weighted by atomic mass is 32.3. The van der Waals surface area contributed by atoms with Crippen LogP contribution in [-0.4, -0.2) is 31.8 Å². The third-order valence-corrected chi connectivity index (χ3v) is 4.04. The normalized spacial score (nSPS) is 20.7. The molecule has 0 aromatic carbocycles. The molecule has 1 aromatic rings. The van der Waals surface area contributed by atoms with E-state index >= 15 is 0 Å². The van der Waals surface area contributed by atoms with Gasteiger partial charge < -0.3 is 4.52 Å². The van der Waals surface area contributed by atoms with E-state index in [1.165, 1.54) is 4.90 Å². The average molecular weight is 304 g/mol. The largest absolute Gasteiger partial charge is 0.338 e. The van der Waals surface area contributed by atoms with Gasteiger partial charge in [-0.1, -0.05) is 25.9 Å². The number of carbonyl (C=O) groups excluding carboxylic acids is 1. The number of aromatic nitrogens is 1. The Balaban J connectivity index is 2.14. The molecule has 112 valence electrons. The highest BCUT2D eigenvalue weighted by Crippen LogP contribution is 2.30. The van der Waals surface area contributed by atoms with Gasteiger partial charge in [0.05, 0.1) is 11.4 Å². The van der Waals surface area contributed by atoms with Gasteiger partial charge in [0.15, 0.2) is 0 Å². The number of nitrogens with zero attached hydrogens (tertiary/aromatic N) is 2. The molecule has 2 heterocycles. The Hall–Kier alpha value is -1.44. The van der Waals surface area contributed by atoms with Crippen molar-refractivity contribution >= 4 is 22.0 Å². The van der Waals surface area contributed by atoms with Gasteiger partial charge in [0.25, 0.3) is 0 Å². The predicted octanol–water partition coefficient (Wildman–Crippen LogP) is 1.62. The maximum atomic E-state index is 12.7. The molecule has 1 saturated heterocycles. The minimum Gasteiger partial charge on any atom is -0.338 e.